The maximum absolute atomic E-state index is 12.4. The number of halogens is 1. The third kappa shape index (κ3) is 3.34. The van der Waals surface area contributed by atoms with E-state index in [1.807, 2.05) is 24.3 Å². The minimum Gasteiger partial charge on any atom is -0.480 e. The molecular weight excluding hydrogens is 378 g/mol. The normalized spacial score (nSPS) is 16.5. The lowest BCUT2D eigenvalue weighted by atomic mass is 9.90. The van der Waals surface area contributed by atoms with Crippen LogP contribution in [-0.4, -0.2) is 45.5 Å². The summed E-state index contributed by atoms with van der Waals surface area (Å²) in [5.74, 6) is -1.56. The molecule has 1 saturated heterocycles. The van der Waals surface area contributed by atoms with Crippen LogP contribution in [-0.2, 0) is 9.53 Å². The Kier molecular flexibility index (Phi) is 4.68. The second kappa shape index (κ2) is 6.74. The summed E-state index contributed by atoms with van der Waals surface area (Å²) < 4.78 is 7.66. The van der Waals surface area contributed by atoms with Crippen LogP contribution < -0.4 is 5.32 Å². The van der Waals surface area contributed by atoms with E-state index in [0.29, 0.717) is 13.2 Å². The van der Waals surface area contributed by atoms with Crippen molar-refractivity contribution < 1.29 is 19.4 Å². The summed E-state index contributed by atoms with van der Waals surface area (Å²) in [6.07, 6.45) is 2.13. The Morgan fingerprint density at radius 3 is 2.71 bits per heavy atom. The Hall–Kier alpha value is -2.19. The second-order valence-electron chi connectivity index (χ2n) is 5.58. The number of nitrogens with zero attached hydrogens (tertiary/aromatic N) is 2. The standard InChI is InChI=1S/C16H16BrN3O4/c17-11-2-1-3-12(10-11)20-7-4-13(19-20)14(21)18-16(15(22)23)5-8-24-9-6-16/h1-4,7,10H,5-6,8-9H2,(H,18,21)(H,22,23). The molecule has 1 aliphatic rings. The van der Waals surface area contributed by atoms with E-state index < -0.39 is 17.4 Å². The van der Waals surface area contributed by atoms with Crippen LogP contribution in [0.5, 0.6) is 0 Å². The summed E-state index contributed by atoms with van der Waals surface area (Å²) in [6, 6.07) is 9.04. The minimum absolute atomic E-state index is 0.169. The van der Waals surface area contributed by atoms with Crippen LogP contribution in [0.25, 0.3) is 5.69 Å². The van der Waals surface area contributed by atoms with Crippen molar-refractivity contribution in [3.8, 4) is 5.69 Å². The van der Waals surface area contributed by atoms with Crippen molar-refractivity contribution in [1.82, 2.24) is 15.1 Å². The van der Waals surface area contributed by atoms with Crippen molar-refractivity contribution in [3.63, 3.8) is 0 Å². The zero-order valence-corrected chi connectivity index (χ0v) is 14.3. The highest BCUT2D eigenvalue weighted by atomic mass is 79.9. The Labute approximate surface area is 146 Å². The highest BCUT2D eigenvalue weighted by molar-refractivity contribution is 9.10. The molecule has 0 atom stereocenters. The van der Waals surface area contributed by atoms with E-state index in [1.165, 1.54) is 0 Å². The lowest BCUT2D eigenvalue weighted by Crippen LogP contribution is -2.57. The van der Waals surface area contributed by atoms with Crippen molar-refractivity contribution in [1.29, 1.82) is 0 Å². The lowest BCUT2D eigenvalue weighted by Gasteiger charge is -2.33. The van der Waals surface area contributed by atoms with Gasteiger partial charge in [-0.2, -0.15) is 5.10 Å². The van der Waals surface area contributed by atoms with Gasteiger partial charge in [0.1, 0.15) is 5.54 Å². The fraction of sp³-hybridized carbons (Fsp3) is 0.312. The molecule has 1 amide bonds. The highest BCUT2D eigenvalue weighted by Gasteiger charge is 2.42. The average Bonchev–Trinajstić information content (AvgIpc) is 3.06. The van der Waals surface area contributed by atoms with Gasteiger partial charge in [-0.15, -0.1) is 0 Å². The van der Waals surface area contributed by atoms with Gasteiger partial charge in [-0.1, -0.05) is 22.0 Å². The zero-order valence-electron chi connectivity index (χ0n) is 12.7. The van der Waals surface area contributed by atoms with Gasteiger partial charge in [-0.25, -0.2) is 9.48 Å². The predicted molar refractivity (Wildman–Crippen MR) is 89.2 cm³/mol. The summed E-state index contributed by atoms with van der Waals surface area (Å²) in [7, 11) is 0. The quantitative estimate of drug-likeness (QED) is 0.828. The molecule has 0 spiro atoms. The number of benzene rings is 1. The van der Waals surface area contributed by atoms with Crippen LogP contribution >= 0.6 is 15.9 Å². The number of nitrogens with one attached hydrogen (secondary N) is 1. The van der Waals surface area contributed by atoms with Crippen LogP contribution in [0.1, 0.15) is 23.3 Å². The van der Waals surface area contributed by atoms with Crippen LogP contribution in [0.15, 0.2) is 41.0 Å². The third-order valence-corrected chi connectivity index (χ3v) is 4.50. The molecule has 0 aliphatic carbocycles. The van der Waals surface area contributed by atoms with Crippen molar-refractivity contribution >= 4 is 27.8 Å². The summed E-state index contributed by atoms with van der Waals surface area (Å²) >= 11 is 3.39. The summed E-state index contributed by atoms with van der Waals surface area (Å²) in [4.78, 5) is 24.0. The molecule has 0 unspecified atom stereocenters. The molecule has 7 nitrogen and oxygen atoms in total. The van der Waals surface area contributed by atoms with E-state index in [0.717, 1.165) is 10.2 Å². The Morgan fingerprint density at radius 1 is 1.29 bits per heavy atom. The monoisotopic (exact) mass is 393 g/mol. The van der Waals surface area contributed by atoms with Gasteiger partial charge in [-0.05, 0) is 24.3 Å². The maximum Gasteiger partial charge on any atom is 0.329 e. The summed E-state index contributed by atoms with van der Waals surface area (Å²) in [5.41, 5.74) is -0.334. The first-order valence-corrected chi connectivity index (χ1v) is 8.25. The fourth-order valence-corrected chi connectivity index (χ4v) is 2.99. The van der Waals surface area contributed by atoms with E-state index in [2.05, 4.69) is 26.3 Å². The smallest absolute Gasteiger partial charge is 0.329 e. The van der Waals surface area contributed by atoms with Gasteiger partial charge in [-0.3, -0.25) is 4.79 Å². The average molecular weight is 394 g/mol. The molecule has 126 valence electrons. The number of ether oxygens (including phenoxy) is 1. The molecule has 24 heavy (non-hydrogen) atoms. The molecule has 1 aromatic heterocycles. The van der Waals surface area contributed by atoms with Gasteiger partial charge < -0.3 is 15.2 Å². The van der Waals surface area contributed by atoms with Crippen LogP contribution in [0, 0.1) is 0 Å². The highest BCUT2D eigenvalue weighted by Crippen LogP contribution is 2.22. The number of hydrogen-bond donors (Lipinski definition) is 2. The molecule has 0 radical (unpaired) electrons. The SMILES string of the molecule is O=C(NC1(C(=O)O)CCOCC1)c1ccn(-c2cccc(Br)c2)n1. The minimum atomic E-state index is -1.30. The van der Waals surface area contributed by atoms with E-state index in [9.17, 15) is 14.7 Å². The lowest BCUT2D eigenvalue weighted by molar-refractivity contribution is -0.148. The largest absolute Gasteiger partial charge is 0.480 e. The van der Waals surface area contributed by atoms with Gasteiger partial charge in [0.2, 0.25) is 0 Å². The first-order chi connectivity index (χ1) is 11.5. The molecule has 2 heterocycles. The van der Waals surface area contributed by atoms with E-state index >= 15 is 0 Å². The van der Waals surface area contributed by atoms with E-state index in [4.69, 9.17) is 4.74 Å². The summed E-state index contributed by atoms with van der Waals surface area (Å²) in [5, 5.41) is 16.4. The van der Waals surface area contributed by atoms with Crippen LogP contribution in [0.4, 0.5) is 0 Å². The molecule has 1 aromatic carbocycles. The van der Waals surface area contributed by atoms with E-state index in [1.54, 1.807) is 16.9 Å². The topological polar surface area (TPSA) is 93.5 Å². The number of aliphatic carboxylic acids is 1. The van der Waals surface area contributed by atoms with Crippen molar-refractivity contribution in [2.75, 3.05) is 13.2 Å². The molecule has 1 fully saturated rings. The van der Waals surface area contributed by atoms with Gasteiger partial charge >= 0.3 is 5.97 Å². The fourth-order valence-electron chi connectivity index (χ4n) is 2.60. The number of amides is 1. The molecule has 1 aliphatic heterocycles. The Bertz CT molecular complexity index is 768. The molecular formula is C16H16BrN3O4. The molecule has 0 saturated carbocycles. The number of carboxylic acids is 1. The number of carbonyl (C=O) groups excluding carboxylic acids is 1. The van der Waals surface area contributed by atoms with Gasteiger partial charge in [0.15, 0.2) is 5.69 Å². The van der Waals surface area contributed by atoms with Crippen LogP contribution in [0.2, 0.25) is 0 Å². The van der Waals surface area contributed by atoms with E-state index in [-0.39, 0.29) is 18.5 Å². The molecule has 0 bridgehead atoms. The number of rotatable bonds is 4. The molecule has 3 rings (SSSR count). The molecule has 2 N–H and O–H groups in total. The summed E-state index contributed by atoms with van der Waals surface area (Å²) in [6.45, 7) is 0.609. The first kappa shape index (κ1) is 16.7. The second-order valence-corrected chi connectivity index (χ2v) is 6.49. The molecule has 2 aromatic rings. The third-order valence-electron chi connectivity index (χ3n) is 4.00. The van der Waals surface area contributed by atoms with Gasteiger partial charge in [0.05, 0.1) is 5.69 Å². The van der Waals surface area contributed by atoms with Gasteiger partial charge in [0, 0.05) is 36.7 Å². The van der Waals surface area contributed by atoms with Crippen molar-refractivity contribution in [2.24, 2.45) is 0 Å². The van der Waals surface area contributed by atoms with Gasteiger partial charge in [0.25, 0.3) is 5.91 Å². The molecule has 8 heteroatoms. The zero-order chi connectivity index (χ0) is 17.2. The Morgan fingerprint density at radius 2 is 2.04 bits per heavy atom. The Balaban J connectivity index is 1.79. The van der Waals surface area contributed by atoms with Crippen molar-refractivity contribution in [2.45, 2.75) is 18.4 Å². The predicted octanol–water partition coefficient (Wildman–Crippen LogP) is 2.00. The number of aromatic nitrogens is 2. The maximum atomic E-state index is 12.4. The number of carboxylic acid groups (broad SMARTS) is 1. The van der Waals surface area contributed by atoms with Crippen LogP contribution in [0.3, 0.4) is 0 Å². The number of hydrogen-bond acceptors (Lipinski definition) is 4. The number of carbonyl (C=O) groups is 2. The van der Waals surface area contributed by atoms with Crippen molar-refractivity contribution in [3.05, 3.63) is 46.7 Å². The first-order valence-electron chi connectivity index (χ1n) is 7.45.